The van der Waals surface area contributed by atoms with Gasteiger partial charge in [-0.15, -0.1) is 0 Å². The Labute approximate surface area is 189 Å². The smallest absolute Gasteiger partial charge is 0.475 e. The fourth-order valence-electron chi connectivity index (χ4n) is 3.50. The van der Waals surface area contributed by atoms with Crippen molar-refractivity contribution in [2.75, 3.05) is 36.4 Å². The van der Waals surface area contributed by atoms with Crippen LogP contribution in [0.3, 0.4) is 0 Å². The third-order valence-corrected chi connectivity index (χ3v) is 5.15. The number of carboxylic acid groups (broad SMARTS) is 1. The third kappa shape index (κ3) is 6.98. The van der Waals surface area contributed by atoms with E-state index < -0.39 is 12.1 Å². The molecule has 0 aliphatic carbocycles. The van der Waals surface area contributed by atoms with Gasteiger partial charge < -0.3 is 20.6 Å². The number of alkyl halides is 3. The van der Waals surface area contributed by atoms with Gasteiger partial charge in [-0.2, -0.15) is 18.3 Å². The number of hydrogen-bond acceptors (Lipinski definition) is 5. The Morgan fingerprint density at radius 2 is 1.88 bits per heavy atom. The number of halogens is 3. The van der Waals surface area contributed by atoms with E-state index in [4.69, 9.17) is 9.90 Å². The molecular formula is C23H26F3N5O2. The van der Waals surface area contributed by atoms with E-state index in [1.165, 1.54) is 22.4 Å². The van der Waals surface area contributed by atoms with Crippen LogP contribution in [0.2, 0.25) is 0 Å². The van der Waals surface area contributed by atoms with Crippen molar-refractivity contribution in [3.8, 4) is 11.1 Å². The van der Waals surface area contributed by atoms with Gasteiger partial charge in [0.15, 0.2) is 0 Å². The van der Waals surface area contributed by atoms with E-state index in [1.807, 2.05) is 12.4 Å². The zero-order valence-electron chi connectivity index (χ0n) is 18.1. The van der Waals surface area contributed by atoms with E-state index in [0.717, 1.165) is 44.0 Å². The first kappa shape index (κ1) is 24.1. The summed E-state index contributed by atoms with van der Waals surface area (Å²) in [5, 5.41) is 21.0. The Bertz CT molecular complexity index is 1050. The van der Waals surface area contributed by atoms with Gasteiger partial charge in [0.05, 0.1) is 6.20 Å². The molecule has 0 atom stereocenters. The maximum atomic E-state index is 10.6. The van der Waals surface area contributed by atoms with Crippen molar-refractivity contribution >= 4 is 17.3 Å². The van der Waals surface area contributed by atoms with E-state index in [1.54, 1.807) is 0 Å². The lowest BCUT2D eigenvalue weighted by Crippen LogP contribution is -2.43. The molecule has 1 aromatic heterocycles. The molecule has 0 unspecified atom stereocenters. The molecule has 4 N–H and O–H groups in total. The Morgan fingerprint density at radius 3 is 2.48 bits per heavy atom. The number of H-pyrrole nitrogens is 1. The van der Waals surface area contributed by atoms with E-state index in [-0.39, 0.29) is 0 Å². The number of aromatic amines is 1. The lowest BCUT2D eigenvalue weighted by atomic mass is 10.1. The van der Waals surface area contributed by atoms with E-state index in [9.17, 15) is 13.2 Å². The highest BCUT2D eigenvalue weighted by atomic mass is 19.4. The molecule has 3 aromatic rings. The van der Waals surface area contributed by atoms with Crippen LogP contribution in [0, 0.1) is 6.92 Å². The number of benzene rings is 2. The molecule has 10 heteroatoms. The first-order valence-corrected chi connectivity index (χ1v) is 10.4. The normalized spacial score (nSPS) is 13.8. The first-order valence-electron chi connectivity index (χ1n) is 10.4. The van der Waals surface area contributed by atoms with Gasteiger partial charge in [-0.25, -0.2) is 4.79 Å². The van der Waals surface area contributed by atoms with E-state index >= 15 is 0 Å². The standard InChI is InChI=1S/C21H25N5.C2HF3O2/c1-16-11-20(5-6-21(16)26-9-7-22-8-10-26)23-13-17-3-2-4-18(12-17)19-14-24-25-15-19;3-2(4,5)1(6)7/h2-6,11-12,14-15,22-23H,7-10,13H2,1H3,(H,24,25);(H,6,7). The van der Waals surface area contributed by atoms with Crippen molar-refractivity contribution in [1.82, 2.24) is 15.5 Å². The molecule has 0 saturated carbocycles. The third-order valence-electron chi connectivity index (χ3n) is 5.15. The van der Waals surface area contributed by atoms with E-state index in [0.29, 0.717) is 0 Å². The fraction of sp³-hybridized carbons (Fsp3) is 0.304. The monoisotopic (exact) mass is 461 g/mol. The van der Waals surface area contributed by atoms with Gasteiger partial charge in [0, 0.05) is 55.9 Å². The van der Waals surface area contributed by atoms with Gasteiger partial charge in [0.2, 0.25) is 0 Å². The molecule has 1 aliphatic heterocycles. The molecule has 2 heterocycles. The van der Waals surface area contributed by atoms with Crippen LogP contribution < -0.4 is 15.5 Å². The molecule has 1 fully saturated rings. The molecular weight excluding hydrogens is 435 g/mol. The Hall–Kier alpha value is -3.53. The number of piperazine rings is 1. The number of aryl methyl sites for hydroxylation is 1. The average molecular weight is 461 g/mol. The van der Waals surface area contributed by atoms with Crippen molar-refractivity contribution in [2.24, 2.45) is 0 Å². The molecule has 1 aliphatic rings. The second kappa shape index (κ2) is 10.9. The first-order chi connectivity index (χ1) is 15.7. The quantitative estimate of drug-likeness (QED) is 0.458. The predicted molar refractivity (Wildman–Crippen MR) is 121 cm³/mol. The molecule has 0 radical (unpaired) electrons. The van der Waals surface area contributed by atoms with Crippen LogP contribution in [-0.2, 0) is 11.3 Å². The summed E-state index contributed by atoms with van der Waals surface area (Å²) in [5.74, 6) is -2.76. The summed E-state index contributed by atoms with van der Waals surface area (Å²) in [6.07, 6.45) is -1.31. The molecule has 1 saturated heterocycles. The molecule has 0 bridgehead atoms. The molecule has 0 amide bonds. The van der Waals surface area contributed by atoms with Gasteiger partial charge in [-0.3, -0.25) is 5.10 Å². The number of nitrogens with zero attached hydrogens (tertiary/aromatic N) is 2. The van der Waals surface area contributed by atoms with Crippen LogP contribution >= 0.6 is 0 Å². The number of aliphatic carboxylic acids is 1. The van der Waals surface area contributed by atoms with Crippen molar-refractivity contribution in [3.05, 3.63) is 66.0 Å². The summed E-state index contributed by atoms with van der Waals surface area (Å²) >= 11 is 0. The van der Waals surface area contributed by atoms with Crippen LogP contribution in [0.5, 0.6) is 0 Å². The summed E-state index contributed by atoms with van der Waals surface area (Å²) in [6, 6.07) is 15.2. The number of aromatic nitrogens is 2. The Balaban J connectivity index is 0.000000383. The minimum Gasteiger partial charge on any atom is -0.475 e. The summed E-state index contributed by atoms with van der Waals surface area (Å²) in [4.78, 5) is 11.4. The van der Waals surface area contributed by atoms with Crippen LogP contribution in [0.4, 0.5) is 24.5 Å². The lowest BCUT2D eigenvalue weighted by Gasteiger charge is -2.31. The van der Waals surface area contributed by atoms with Gasteiger partial charge >= 0.3 is 12.1 Å². The largest absolute Gasteiger partial charge is 0.490 e. The Morgan fingerprint density at radius 1 is 1.15 bits per heavy atom. The van der Waals surface area contributed by atoms with Crippen molar-refractivity contribution in [2.45, 2.75) is 19.6 Å². The van der Waals surface area contributed by atoms with Crippen molar-refractivity contribution in [3.63, 3.8) is 0 Å². The summed E-state index contributed by atoms with van der Waals surface area (Å²) < 4.78 is 31.7. The molecule has 176 valence electrons. The van der Waals surface area contributed by atoms with Crippen LogP contribution in [0.1, 0.15) is 11.1 Å². The van der Waals surface area contributed by atoms with Gasteiger partial charge in [-0.1, -0.05) is 18.2 Å². The molecule has 2 aromatic carbocycles. The number of carboxylic acids is 1. The summed E-state index contributed by atoms with van der Waals surface area (Å²) in [7, 11) is 0. The number of carbonyl (C=O) groups is 1. The van der Waals surface area contributed by atoms with Gasteiger partial charge in [0.25, 0.3) is 0 Å². The second-order valence-corrected chi connectivity index (χ2v) is 7.58. The number of hydrogen-bond donors (Lipinski definition) is 4. The minimum atomic E-state index is -5.08. The highest BCUT2D eigenvalue weighted by Crippen LogP contribution is 2.25. The topological polar surface area (TPSA) is 93.3 Å². The van der Waals surface area contributed by atoms with Crippen LogP contribution in [-0.4, -0.2) is 53.6 Å². The predicted octanol–water partition coefficient (Wildman–Crippen LogP) is 4.04. The maximum absolute atomic E-state index is 10.6. The van der Waals surface area contributed by atoms with E-state index in [2.05, 4.69) is 75.1 Å². The number of rotatable bonds is 5. The van der Waals surface area contributed by atoms with Crippen molar-refractivity contribution in [1.29, 1.82) is 0 Å². The second-order valence-electron chi connectivity index (χ2n) is 7.58. The molecule has 7 nitrogen and oxygen atoms in total. The molecule has 0 spiro atoms. The Kier molecular flexibility index (Phi) is 7.94. The zero-order valence-corrected chi connectivity index (χ0v) is 18.1. The van der Waals surface area contributed by atoms with Crippen LogP contribution in [0.15, 0.2) is 54.9 Å². The minimum absolute atomic E-state index is 0.804. The summed E-state index contributed by atoms with van der Waals surface area (Å²) in [6.45, 7) is 7.28. The van der Waals surface area contributed by atoms with Gasteiger partial charge in [-0.05, 0) is 47.9 Å². The lowest BCUT2D eigenvalue weighted by molar-refractivity contribution is -0.192. The highest BCUT2D eigenvalue weighted by Gasteiger charge is 2.38. The number of nitrogens with one attached hydrogen (secondary N) is 3. The summed E-state index contributed by atoms with van der Waals surface area (Å²) in [5.41, 5.74) is 7.39. The van der Waals surface area contributed by atoms with Gasteiger partial charge in [0.1, 0.15) is 0 Å². The molecule has 33 heavy (non-hydrogen) atoms. The maximum Gasteiger partial charge on any atom is 0.490 e. The highest BCUT2D eigenvalue weighted by molar-refractivity contribution is 5.73. The average Bonchev–Trinajstić information content (AvgIpc) is 3.33. The molecule has 4 rings (SSSR count). The van der Waals surface area contributed by atoms with Crippen molar-refractivity contribution < 1.29 is 23.1 Å². The zero-order chi connectivity index (χ0) is 23.8. The number of anilines is 2. The van der Waals surface area contributed by atoms with Crippen LogP contribution in [0.25, 0.3) is 11.1 Å². The fourth-order valence-corrected chi connectivity index (χ4v) is 3.50. The SMILES string of the molecule is Cc1cc(NCc2cccc(-c3cn[nH]c3)c2)ccc1N1CCNCC1.O=C(O)C(F)(F)F.